The molecule has 0 aliphatic heterocycles. The molecule has 0 fully saturated rings. The normalized spacial score (nSPS) is 11.1. The fourth-order valence-corrected chi connectivity index (χ4v) is 3.09. The topological polar surface area (TPSA) is 39.2 Å². The number of hydrogen-bond acceptors (Lipinski definition) is 2. The second-order valence-corrected chi connectivity index (χ2v) is 5.56. The molecule has 0 bridgehead atoms. The van der Waals surface area contributed by atoms with Crippen LogP contribution in [0.3, 0.4) is 0 Å². The van der Waals surface area contributed by atoms with Gasteiger partial charge in [0, 0.05) is 15.4 Å². The van der Waals surface area contributed by atoms with Crippen LogP contribution in [0.2, 0.25) is 5.02 Å². The summed E-state index contributed by atoms with van der Waals surface area (Å²) in [6.07, 6.45) is 0. The molecule has 0 radical (unpaired) electrons. The number of rotatable bonds is 2. The zero-order valence-electron chi connectivity index (χ0n) is 9.99. The molecule has 0 saturated carbocycles. The average molecular weight is 337 g/mol. The van der Waals surface area contributed by atoms with E-state index in [4.69, 9.17) is 21.8 Å². The van der Waals surface area contributed by atoms with Gasteiger partial charge in [0.05, 0.1) is 11.6 Å². The number of halogens is 2. The summed E-state index contributed by atoms with van der Waals surface area (Å²) >= 11 is 9.69. The van der Waals surface area contributed by atoms with Gasteiger partial charge in [0.2, 0.25) is 0 Å². The number of hydrogen-bond donors (Lipinski definition) is 1. The molecule has 96 valence electrons. The molecule has 0 saturated heterocycles. The molecular weight excluding hydrogens is 326 g/mol. The lowest BCUT2D eigenvalue weighted by molar-refractivity contribution is 0.554. The van der Waals surface area contributed by atoms with E-state index >= 15 is 0 Å². The summed E-state index contributed by atoms with van der Waals surface area (Å²) in [6.45, 7) is 0.340. The summed E-state index contributed by atoms with van der Waals surface area (Å²) in [5.74, 6) is 0.751. The molecule has 0 aliphatic carbocycles. The van der Waals surface area contributed by atoms with Crippen LogP contribution in [0.5, 0.6) is 0 Å². The first-order valence-electron chi connectivity index (χ1n) is 5.86. The molecular formula is C15H11BrClNO. The third-order valence-corrected chi connectivity index (χ3v) is 3.77. The fraction of sp³-hybridized carbons (Fsp3) is 0.0667. The number of nitrogens with two attached hydrogens (primary N) is 1. The smallest absolute Gasteiger partial charge is 0.153 e. The lowest BCUT2D eigenvalue weighted by Gasteiger charge is -2.01. The molecule has 0 aliphatic rings. The largest absolute Gasteiger partial charge is 0.457 e. The number of fused-ring (bicyclic) bond motifs is 1. The van der Waals surface area contributed by atoms with E-state index in [2.05, 4.69) is 15.9 Å². The van der Waals surface area contributed by atoms with Crippen LogP contribution in [-0.2, 0) is 6.54 Å². The van der Waals surface area contributed by atoms with Crippen molar-refractivity contribution in [1.29, 1.82) is 0 Å². The molecule has 0 amide bonds. The van der Waals surface area contributed by atoms with Crippen molar-refractivity contribution < 1.29 is 4.42 Å². The summed E-state index contributed by atoms with van der Waals surface area (Å²) in [5.41, 5.74) is 8.57. The Balaban J connectivity index is 2.39. The van der Waals surface area contributed by atoms with Crippen molar-refractivity contribution in [2.24, 2.45) is 5.73 Å². The van der Waals surface area contributed by atoms with E-state index in [-0.39, 0.29) is 0 Å². The third-order valence-electron chi connectivity index (χ3n) is 3.03. The zero-order chi connectivity index (χ0) is 13.4. The van der Waals surface area contributed by atoms with Crippen molar-refractivity contribution >= 4 is 38.5 Å². The second kappa shape index (κ2) is 5.00. The van der Waals surface area contributed by atoms with Crippen LogP contribution in [0.1, 0.15) is 5.76 Å². The molecule has 0 atom stereocenters. The van der Waals surface area contributed by atoms with Gasteiger partial charge in [0.15, 0.2) is 5.58 Å². The molecule has 3 aromatic rings. The van der Waals surface area contributed by atoms with Gasteiger partial charge in [0.1, 0.15) is 5.76 Å². The Hall–Kier alpha value is -1.29. The van der Waals surface area contributed by atoms with Gasteiger partial charge in [-0.25, -0.2) is 0 Å². The van der Waals surface area contributed by atoms with Gasteiger partial charge < -0.3 is 10.2 Å². The first-order valence-corrected chi connectivity index (χ1v) is 7.03. The fourth-order valence-electron chi connectivity index (χ4n) is 2.24. The van der Waals surface area contributed by atoms with Crippen molar-refractivity contribution in [3.05, 3.63) is 57.7 Å². The Labute approximate surface area is 124 Å². The van der Waals surface area contributed by atoms with E-state index in [1.807, 2.05) is 42.5 Å². The highest BCUT2D eigenvalue weighted by Crippen LogP contribution is 2.39. The third kappa shape index (κ3) is 2.18. The monoisotopic (exact) mass is 335 g/mol. The van der Waals surface area contributed by atoms with Crippen LogP contribution in [-0.4, -0.2) is 0 Å². The van der Waals surface area contributed by atoms with E-state index in [0.717, 1.165) is 26.7 Å². The molecule has 1 aromatic heterocycles. The predicted molar refractivity (Wildman–Crippen MR) is 82.3 cm³/mol. The molecule has 4 heteroatoms. The first kappa shape index (κ1) is 12.7. The van der Waals surface area contributed by atoms with E-state index in [1.54, 1.807) is 0 Å². The molecule has 1 heterocycles. The zero-order valence-corrected chi connectivity index (χ0v) is 12.3. The van der Waals surface area contributed by atoms with Gasteiger partial charge >= 0.3 is 0 Å². The highest BCUT2D eigenvalue weighted by Gasteiger charge is 2.17. The Morgan fingerprint density at radius 3 is 2.58 bits per heavy atom. The summed E-state index contributed by atoms with van der Waals surface area (Å²) in [5, 5.41) is 1.56. The Bertz CT molecular complexity index is 737. The van der Waals surface area contributed by atoms with Gasteiger partial charge in [-0.2, -0.15) is 0 Å². The lowest BCUT2D eigenvalue weighted by Crippen LogP contribution is -1.95. The molecule has 19 heavy (non-hydrogen) atoms. The summed E-state index contributed by atoms with van der Waals surface area (Å²) in [7, 11) is 0. The van der Waals surface area contributed by atoms with Crippen LogP contribution in [0.15, 0.2) is 51.4 Å². The Kier molecular flexibility index (Phi) is 3.35. The van der Waals surface area contributed by atoms with Crippen molar-refractivity contribution in [3.63, 3.8) is 0 Å². The maximum absolute atomic E-state index is 6.23. The maximum Gasteiger partial charge on any atom is 0.153 e. The summed E-state index contributed by atoms with van der Waals surface area (Å²) < 4.78 is 6.73. The minimum Gasteiger partial charge on any atom is -0.457 e. The van der Waals surface area contributed by atoms with Crippen LogP contribution < -0.4 is 5.73 Å². The van der Waals surface area contributed by atoms with E-state index in [1.165, 1.54) is 0 Å². The van der Waals surface area contributed by atoms with Crippen molar-refractivity contribution in [2.75, 3.05) is 0 Å². The van der Waals surface area contributed by atoms with Gasteiger partial charge in [-0.15, -0.1) is 0 Å². The maximum atomic E-state index is 6.23. The van der Waals surface area contributed by atoms with Crippen LogP contribution in [0, 0.1) is 0 Å². The molecule has 3 rings (SSSR count). The quantitative estimate of drug-likeness (QED) is 0.717. The average Bonchev–Trinajstić information content (AvgIpc) is 2.78. The van der Waals surface area contributed by atoms with Crippen LogP contribution >= 0.6 is 27.5 Å². The summed E-state index contributed by atoms with van der Waals surface area (Å²) in [6, 6.07) is 13.9. The van der Waals surface area contributed by atoms with E-state index < -0.39 is 0 Å². The second-order valence-electron chi connectivity index (χ2n) is 4.23. The Morgan fingerprint density at radius 1 is 1.16 bits per heavy atom. The van der Waals surface area contributed by atoms with Gasteiger partial charge in [0.25, 0.3) is 0 Å². The molecule has 0 spiro atoms. The number of benzene rings is 2. The van der Waals surface area contributed by atoms with E-state index in [0.29, 0.717) is 17.2 Å². The van der Waals surface area contributed by atoms with E-state index in [9.17, 15) is 0 Å². The van der Waals surface area contributed by atoms with Crippen molar-refractivity contribution in [2.45, 2.75) is 6.54 Å². The van der Waals surface area contributed by atoms with Crippen LogP contribution in [0.25, 0.3) is 22.1 Å². The first-order chi connectivity index (χ1) is 9.20. The standard InChI is InChI=1S/C15H11BrClNO/c16-10-6-11-14(9-4-2-1-3-5-9)13(8-18)19-15(11)12(17)7-10/h1-7H,8,18H2. The molecule has 0 unspecified atom stereocenters. The minimum absolute atomic E-state index is 0.340. The van der Waals surface area contributed by atoms with Crippen LogP contribution in [0.4, 0.5) is 0 Å². The molecule has 2 aromatic carbocycles. The predicted octanol–water partition coefficient (Wildman–Crippen LogP) is 4.97. The lowest BCUT2D eigenvalue weighted by atomic mass is 10.0. The SMILES string of the molecule is NCc1oc2c(Cl)cc(Br)cc2c1-c1ccccc1. The minimum atomic E-state index is 0.340. The highest BCUT2D eigenvalue weighted by molar-refractivity contribution is 9.10. The van der Waals surface area contributed by atoms with Gasteiger partial charge in [-0.1, -0.05) is 57.9 Å². The van der Waals surface area contributed by atoms with Crippen molar-refractivity contribution in [3.8, 4) is 11.1 Å². The molecule has 2 N–H and O–H groups in total. The Morgan fingerprint density at radius 2 is 1.89 bits per heavy atom. The molecule has 2 nitrogen and oxygen atoms in total. The highest BCUT2D eigenvalue weighted by atomic mass is 79.9. The number of furan rings is 1. The van der Waals surface area contributed by atoms with Crippen molar-refractivity contribution in [1.82, 2.24) is 0 Å². The summed E-state index contributed by atoms with van der Waals surface area (Å²) in [4.78, 5) is 0. The van der Waals surface area contributed by atoms with Gasteiger partial charge in [-0.3, -0.25) is 0 Å². The van der Waals surface area contributed by atoms with Gasteiger partial charge in [-0.05, 0) is 17.7 Å².